The Kier molecular flexibility index (Phi) is 3.13. The van der Waals surface area contributed by atoms with Gasteiger partial charge in [-0.1, -0.05) is 12.2 Å². The van der Waals surface area contributed by atoms with E-state index in [9.17, 15) is 4.79 Å². The van der Waals surface area contributed by atoms with Gasteiger partial charge in [-0.05, 0) is 37.8 Å². The van der Waals surface area contributed by atoms with E-state index in [0.717, 1.165) is 36.1 Å². The van der Waals surface area contributed by atoms with Crippen LogP contribution in [-0.4, -0.2) is 22.6 Å². The zero-order valence-electron chi connectivity index (χ0n) is 9.92. The molecule has 4 nitrogen and oxygen atoms in total. The summed E-state index contributed by atoms with van der Waals surface area (Å²) in [5, 5.41) is 12.2. The molecular weight excluding hydrogens is 216 g/mol. The van der Waals surface area contributed by atoms with Crippen LogP contribution in [0.4, 0.5) is 5.82 Å². The lowest BCUT2D eigenvalue weighted by Crippen LogP contribution is -2.11. The number of aromatic nitrogens is 1. The molecule has 0 saturated carbocycles. The third kappa shape index (κ3) is 2.46. The molecule has 2 N–H and O–H groups in total. The minimum Gasteiger partial charge on any atom is -0.478 e. The van der Waals surface area contributed by atoms with E-state index in [2.05, 4.69) is 16.9 Å². The van der Waals surface area contributed by atoms with Gasteiger partial charge < -0.3 is 10.4 Å². The van der Waals surface area contributed by atoms with Crippen LogP contribution >= 0.6 is 0 Å². The first-order valence-electron chi connectivity index (χ1n) is 5.72. The van der Waals surface area contributed by atoms with Gasteiger partial charge in [0.05, 0.1) is 0 Å². The molecule has 4 heteroatoms. The Morgan fingerprint density at radius 3 is 3.00 bits per heavy atom. The predicted octanol–water partition coefficient (Wildman–Crippen LogP) is 2.26. The standard InChI is InChI=1S/C13H16N2O2/c1-8(2)7-14-12-10(13(16)17)6-9-4-3-5-11(9)15-12/h6H,1,3-5,7H2,2H3,(H,14,15)(H,16,17). The van der Waals surface area contributed by atoms with Crippen LogP contribution in [-0.2, 0) is 12.8 Å². The second-order valence-electron chi connectivity index (χ2n) is 4.46. The fourth-order valence-corrected chi connectivity index (χ4v) is 2.00. The third-order valence-corrected chi connectivity index (χ3v) is 2.84. The van der Waals surface area contributed by atoms with Crippen LogP contribution in [0.15, 0.2) is 18.2 Å². The van der Waals surface area contributed by atoms with E-state index < -0.39 is 5.97 Å². The topological polar surface area (TPSA) is 62.2 Å². The largest absolute Gasteiger partial charge is 0.478 e. The number of carboxylic acid groups (broad SMARTS) is 1. The van der Waals surface area contributed by atoms with Crippen molar-refractivity contribution in [1.29, 1.82) is 0 Å². The second kappa shape index (κ2) is 4.57. The molecule has 0 fully saturated rings. The zero-order valence-corrected chi connectivity index (χ0v) is 9.92. The number of anilines is 1. The number of aryl methyl sites for hydroxylation is 2. The van der Waals surface area contributed by atoms with E-state index in [1.54, 1.807) is 6.07 Å². The van der Waals surface area contributed by atoms with Crippen LogP contribution in [0.5, 0.6) is 0 Å². The van der Waals surface area contributed by atoms with Crippen LogP contribution in [0.2, 0.25) is 0 Å². The first kappa shape index (κ1) is 11.6. The van der Waals surface area contributed by atoms with E-state index in [1.165, 1.54) is 0 Å². The van der Waals surface area contributed by atoms with E-state index in [0.29, 0.717) is 12.4 Å². The highest BCUT2D eigenvalue weighted by Crippen LogP contribution is 2.25. The average Bonchev–Trinajstić information content (AvgIpc) is 2.71. The predicted molar refractivity (Wildman–Crippen MR) is 66.5 cm³/mol. The van der Waals surface area contributed by atoms with Crippen molar-refractivity contribution in [2.45, 2.75) is 26.2 Å². The number of nitrogens with one attached hydrogen (secondary N) is 1. The number of rotatable bonds is 4. The molecule has 0 aromatic carbocycles. The Hall–Kier alpha value is -1.84. The maximum Gasteiger partial charge on any atom is 0.339 e. The fourth-order valence-electron chi connectivity index (χ4n) is 2.00. The lowest BCUT2D eigenvalue weighted by atomic mass is 10.1. The Balaban J connectivity index is 2.34. The van der Waals surface area contributed by atoms with Gasteiger partial charge in [0.2, 0.25) is 0 Å². The lowest BCUT2D eigenvalue weighted by molar-refractivity contribution is 0.0697. The van der Waals surface area contributed by atoms with Crippen LogP contribution in [0.25, 0.3) is 0 Å². The van der Waals surface area contributed by atoms with Crippen LogP contribution in [0.3, 0.4) is 0 Å². The Labute approximate surface area is 100 Å². The highest BCUT2D eigenvalue weighted by atomic mass is 16.4. The summed E-state index contributed by atoms with van der Waals surface area (Å²) in [6, 6.07) is 1.75. The van der Waals surface area contributed by atoms with Crippen molar-refractivity contribution in [2.75, 3.05) is 11.9 Å². The summed E-state index contributed by atoms with van der Waals surface area (Å²) in [6.07, 6.45) is 2.94. The first-order valence-corrected chi connectivity index (χ1v) is 5.72. The monoisotopic (exact) mass is 232 g/mol. The third-order valence-electron chi connectivity index (χ3n) is 2.84. The summed E-state index contributed by atoms with van der Waals surface area (Å²) >= 11 is 0. The van der Waals surface area contributed by atoms with Gasteiger partial charge in [0, 0.05) is 12.2 Å². The van der Waals surface area contributed by atoms with Gasteiger partial charge in [-0.2, -0.15) is 0 Å². The van der Waals surface area contributed by atoms with Crippen LogP contribution in [0, 0.1) is 0 Å². The molecular formula is C13H16N2O2. The molecule has 17 heavy (non-hydrogen) atoms. The van der Waals surface area contributed by atoms with Crippen molar-refractivity contribution in [3.8, 4) is 0 Å². The molecule has 0 atom stereocenters. The smallest absolute Gasteiger partial charge is 0.339 e. The molecule has 1 aromatic rings. The molecule has 1 aliphatic rings. The molecule has 90 valence electrons. The highest BCUT2D eigenvalue weighted by molar-refractivity contribution is 5.93. The van der Waals surface area contributed by atoms with Crippen LogP contribution in [0.1, 0.15) is 35.0 Å². The maximum atomic E-state index is 11.2. The number of nitrogens with zero attached hydrogens (tertiary/aromatic N) is 1. The van der Waals surface area contributed by atoms with Crippen LogP contribution < -0.4 is 5.32 Å². The SMILES string of the molecule is C=C(C)CNc1nc2c(cc1C(=O)O)CCC2. The number of carbonyl (C=O) groups is 1. The van der Waals surface area contributed by atoms with Crippen molar-refractivity contribution in [2.24, 2.45) is 0 Å². The molecule has 1 aromatic heterocycles. The lowest BCUT2D eigenvalue weighted by Gasteiger charge is -2.10. The number of hydrogen-bond donors (Lipinski definition) is 2. The van der Waals surface area contributed by atoms with Crippen molar-refractivity contribution < 1.29 is 9.90 Å². The summed E-state index contributed by atoms with van der Waals surface area (Å²) in [5.74, 6) is -0.474. The molecule has 0 unspecified atom stereocenters. The molecule has 0 bridgehead atoms. The minimum absolute atomic E-state index is 0.256. The quantitative estimate of drug-likeness (QED) is 0.782. The van der Waals surface area contributed by atoms with Gasteiger partial charge >= 0.3 is 5.97 Å². The molecule has 0 spiro atoms. The molecule has 0 aliphatic heterocycles. The van der Waals surface area contributed by atoms with Gasteiger partial charge in [0.15, 0.2) is 0 Å². The van der Waals surface area contributed by atoms with Crippen molar-refractivity contribution >= 4 is 11.8 Å². The number of pyridine rings is 1. The zero-order chi connectivity index (χ0) is 12.4. The molecule has 0 saturated heterocycles. The summed E-state index contributed by atoms with van der Waals surface area (Å²) in [4.78, 5) is 15.6. The average molecular weight is 232 g/mol. The van der Waals surface area contributed by atoms with E-state index >= 15 is 0 Å². The normalized spacial score (nSPS) is 13.2. The van der Waals surface area contributed by atoms with E-state index in [-0.39, 0.29) is 5.56 Å². The Morgan fingerprint density at radius 1 is 1.59 bits per heavy atom. The Bertz CT molecular complexity index is 481. The maximum absolute atomic E-state index is 11.2. The summed E-state index contributed by atoms with van der Waals surface area (Å²) < 4.78 is 0. The van der Waals surface area contributed by atoms with Gasteiger partial charge in [-0.3, -0.25) is 0 Å². The number of carboxylic acids is 1. The van der Waals surface area contributed by atoms with Gasteiger partial charge in [0.1, 0.15) is 11.4 Å². The molecule has 0 radical (unpaired) electrons. The second-order valence-corrected chi connectivity index (χ2v) is 4.46. The highest BCUT2D eigenvalue weighted by Gasteiger charge is 2.19. The Morgan fingerprint density at radius 2 is 2.35 bits per heavy atom. The first-order chi connectivity index (χ1) is 8.08. The van der Waals surface area contributed by atoms with Crippen molar-refractivity contribution in [3.63, 3.8) is 0 Å². The minimum atomic E-state index is -0.934. The summed E-state index contributed by atoms with van der Waals surface area (Å²) in [5.41, 5.74) is 3.30. The summed E-state index contributed by atoms with van der Waals surface area (Å²) in [7, 11) is 0. The fraction of sp³-hybridized carbons (Fsp3) is 0.385. The van der Waals surface area contributed by atoms with Crippen molar-refractivity contribution in [1.82, 2.24) is 4.98 Å². The number of hydrogen-bond acceptors (Lipinski definition) is 3. The molecule has 0 amide bonds. The van der Waals surface area contributed by atoms with E-state index in [4.69, 9.17) is 5.11 Å². The molecule has 1 heterocycles. The number of aromatic carboxylic acids is 1. The van der Waals surface area contributed by atoms with E-state index in [1.807, 2.05) is 6.92 Å². The molecule has 2 rings (SSSR count). The number of fused-ring (bicyclic) bond motifs is 1. The van der Waals surface area contributed by atoms with Gasteiger partial charge in [-0.15, -0.1) is 0 Å². The van der Waals surface area contributed by atoms with Gasteiger partial charge in [-0.25, -0.2) is 9.78 Å². The van der Waals surface area contributed by atoms with Crippen molar-refractivity contribution in [3.05, 3.63) is 35.0 Å². The van der Waals surface area contributed by atoms with Gasteiger partial charge in [0.25, 0.3) is 0 Å². The summed E-state index contributed by atoms with van der Waals surface area (Å²) in [6.45, 7) is 6.22. The molecule has 1 aliphatic carbocycles.